The molecule has 0 radical (unpaired) electrons. The lowest BCUT2D eigenvalue weighted by atomic mass is 10.1. The van der Waals surface area contributed by atoms with Gasteiger partial charge in [-0.05, 0) is 6.92 Å². The first kappa shape index (κ1) is 13.5. The van der Waals surface area contributed by atoms with Crippen LogP contribution in [0.15, 0.2) is 30.5 Å². The van der Waals surface area contributed by atoms with Crippen LogP contribution in [-0.4, -0.2) is 23.1 Å². The minimum Gasteiger partial charge on any atom is -0.381 e. The maximum Gasteiger partial charge on any atom is 0.128 e. The number of hydrogen-bond acceptors (Lipinski definition) is 4. The molecule has 2 rings (SSSR count). The normalized spacial score (nSPS) is 10.5. The summed E-state index contributed by atoms with van der Waals surface area (Å²) in [5, 5.41) is 3.28. The van der Waals surface area contributed by atoms with Crippen LogP contribution in [0.3, 0.4) is 0 Å². The summed E-state index contributed by atoms with van der Waals surface area (Å²) in [4.78, 5) is 8.97. The highest BCUT2D eigenvalue weighted by Crippen LogP contribution is 2.25. The highest BCUT2D eigenvalue weighted by molar-refractivity contribution is 5.73. The van der Waals surface area contributed by atoms with Gasteiger partial charge >= 0.3 is 0 Å². The van der Waals surface area contributed by atoms with Crippen molar-refractivity contribution < 1.29 is 0 Å². The number of aryl methyl sites for hydroxylation is 2. The molecule has 4 nitrogen and oxygen atoms in total. The summed E-state index contributed by atoms with van der Waals surface area (Å²) >= 11 is 0. The maximum absolute atomic E-state index is 5.54. The van der Waals surface area contributed by atoms with Crippen LogP contribution < -0.4 is 11.1 Å². The van der Waals surface area contributed by atoms with Crippen LogP contribution in [0.25, 0.3) is 11.3 Å². The van der Waals surface area contributed by atoms with Gasteiger partial charge in [0.2, 0.25) is 0 Å². The standard InChI is InChI=1S/C15H20N4/c1-3-14-18-10-13(17-9-8-16)15(19-14)12-6-4-11(2)5-7-12/h4-7,10,17H,3,8-9,16H2,1-2H3. The van der Waals surface area contributed by atoms with Crippen molar-refractivity contribution in [3.05, 3.63) is 41.9 Å². The van der Waals surface area contributed by atoms with Gasteiger partial charge in [0.15, 0.2) is 0 Å². The van der Waals surface area contributed by atoms with Crippen molar-refractivity contribution in [1.29, 1.82) is 0 Å². The van der Waals surface area contributed by atoms with Crippen LogP contribution in [0.5, 0.6) is 0 Å². The lowest BCUT2D eigenvalue weighted by Gasteiger charge is -2.11. The van der Waals surface area contributed by atoms with E-state index in [1.165, 1.54) is 5.56 Å². The molecule has 0 saturated heterocycles. The first-order chi connectivity index (χ1) is 9.24. The van der Waals surface area contributed by atoms with Crippen molar-refractivity contribution in [2.24, 2.45) is 5.73 Å². The molecular formula is C15H20N4. The number of rotatable bonds is 5. The number of nitrogens with zero attached hydrogens (tertiary/aromatic N) is 2. The molecule has 1 heterocycles. The Morgan fingerprint density at radius 2 is 1.95 bits per heavy atom. The summed E-state index contributed by atoms with van der Waals surface area (Å²) in [5.41, 5.74) is 9.76. The zero-order valence-electron chi connectivity index (χ0n) is 11.5. The second kappa shape index (κ2) is 6.29. The third-order valence-corrected chi connectivity index (χ3v) is 2.94. The second-order valence-electron chi connectivity index (χ2n) is 4.48. The average Bonchev–Trinajstić information content (AvgIpc) is 2.46. The Labute approximate surface area is 114 Å². The van der Waals surface area contributed by atoms with E-state index in [0.717, 1.165) is 29.2 Å². The minimum absolute atomic E-state index is 0.586. The van der Waals surface area contributed by atoms with E-state index < -0.39 is 0 Å². The van der Waals surface area contributed by atoms with Gasteiger partial charge in [0.05, 0.1) is 17.6 Å². The molecule has 0 fully saturated rings. The van der Waals surface area contributed by atoms with E-state index in [4.69, 9.17) is 5.73 Å². The van der Waals surface area contributed by atoms with Crippen LogP contribution in [0.2, 0.25) is 0 Å². The summed E-state index contributed by atoms with van der Waals surface area (Å²) in [6.07, 6.45) is 2.67. The maximum atomic E-state index is 5.54. The summed E-state index contributed by atoms with van der Waals surface area (Å²) < 4.78 is 0. The molecular weight excluding hydrogens is 236 g/mol. The van der Waals surface area contributed by atoms with Crippen molar-refractivity contribution in [3.8, 4) is 11.3 Å². The van der Waals surface area contributed by atoms with Crippen molar-refractivity contribution in [3.63, 3.8) is 0 Å². The zero-order chi connectivity index (χ0) is 13.7. The molecule has 0 aliphatic carbocycles. The Morgan fingerprint density at radius 1 is 1.21 bits per heavy atom. The first-order valence-electron chi connectivity index (χ1n) is 6.61. The van der Waals surface area contributed by atoms with Crippen molar-refractivity contribution in [2.45, 2.75) is 20.3 Å². The molecule has 100 valence electrons. The minimum atomic E-state index is 0.586. The molecule has 0 unspecified atom stereocenters. The molecule has 0 amide bonds. The van der Waals surface area contributed by atoms with E-state index in [2.05, 4.69) is 53.4 Å². The molecule has 1 aromatic heterocycles. The van der Waals surface area contributed by atoms with E-state index >= 15 is 0 Å². The number of anilines is 1. The fraction of sp³-hybridized carbons (Fsp3) is 0.333. The average molecular weight is 256 g/mol. The first-order valence-corrected chi connectivity index (χ1v) is 6.61. The third kappa shape index (κ3) is 3.29. The Morgan fingerprint density at radius 3 is 2.58 bits per heavy atom. The van der Waals surface area contributed by atoms with E-state index in [1.807, 2.05) is 6.20 Å². The van der Waals surface area contributed by atoms with Crippen molar-refractivity contribution >= 4 is 5.69 Å². The SMILES string of the molecule is CCc1ncc(NCCN)c(-c2ccc(C)cc2)n1. The molecule has 0 saturated carbocycles. The Kier molecular flexibility index (Phi) is 4.47. The molecule has 4 heteroatoms. The predicted octanol–water partition coefficient (Wildman–Crippen LogP) is 2.39. The number of nitrogens with two attached hydrogens (primary N) is 1. The van der Waals surface area contributed by atoms with Gasteiger partial charge in [-0.1, -0.05) is 36.8 Å². The quantitative estimate of drug-likeness (QED) is 0.862. The largest absolute Gasteiger partial charge is 0.381 e. The summed E-state index contributed by atoms with van der Waals surface area (Å²) in [6.45, 7) is 5.44. The fourth-order valence-corrected chi connectivity index (χ4v) is 1.86. The molecule has 0 aliphatic heterocycles. The van der Waals surface area contributed by atoms with E-state index in [1.54, 1.807) is 0 Å². The Balaban J connectivity index is 2.42. The van der Waals surface area contributed by atoms with Gasteiger partial charge in [-0.2, -0.15) is 0 Å². The topological polar surface area (TPSA) is 63.8 Å². The Bertz CT molecular complexity index is 534. The molecule has 19 heavy (non-hydrogen) atoms. The summed E-state index contributed by atoms with van der Waals surface area (Å²) in [6, 6.07) is 8.36. The predicted molar refractivity (Wildman–Crippen MR) is 79.1 cm³/mol. The van der Waals surface area contributed by atoms with Crippen LogP contribution in [0.4, 0.5) is 5.69 Å². The van der Waals surface area contributed by atoms with E-state index in [0.29, 0.717) is 13.1 Å². The highest BCUT2D eigenvalue weighted by atomic mass is 15.0. The van der Waals surface area contributed by atoms with Crippen LogP contribution in [0.1, 0.15) is 18.3 Å². The van der Waals surface area contributed by atoms with Gasteiger partial charge in [0.1, 0.15) is 5.82 Å². The molecule has 0 atom stereocenters. The lowest BCUT2D eigenvalue weighted by molar-refractivity contribution is 0.937. The van der Waals surface area contributed by atoms with Gasteiger partial charge < -0.3 is 11.1 Å². The molecule has 3 N–H and O–H groups in total. The third-order valence-electron chi connectivity index (χ3n) is 2.94. The van der Waals surface area contributed by atoms with Gasteiger partial charge in [-0.15, -0.1) is 0 Å². The smallest absolute Gasteiger partial charge is 0.128 e. The number of benzene rings is 1. The lowest BCUT2D eigenvalue weighted by Crippen LogP contribution is -2.14. The zero-order valence-corrected chi connectivity index (χ0v) is 11.5. The molecule has 0 aliphatic rings. The Hall–Kier alpha value is -1.94. The number of aromatic nitrogens is 2. The second-order valence-corrected chi connectivity index (χ2v) is 4.48. The number of nitrogens with one attached hydrogen (secondary N) is 1. The van der Waals surface area contributed by atoms with Gasteiger partial charge in [0.25, 0.3) is 0 Å². The van der Waals surface area contributed by atoms with Crippen LogP contribution in [-0.2, 0) is 6.42 Å². The number of hydrogen-bond donors (Lipinski definition) is 2. The summed E-state index contributed by atoms with van der Waals surface area (Å²) in [7, 11) is 0. The molecule has 0 bridgehead atoms. The fourth-order valence-electron chi connectivity index (χ4n) is 1.86. The van der Waals surface area contributed by atoms with Crippen molar-refractivity contribution in [2.75, 3.05) is 18.4 Å². The molecule has 1 aromatic carbocycles. The monoisotopic (exact) mass is 256 g/mol. The van der Waals surface area contributed by atoms with Gasteiger partial charge in [-0.25, -0.2) is 9.97 Å². The van der Waals surface area contributed by atoms with Gasteiger partial charge in [-0.3, -0.25) is 0 Å². The van der Waals surface area contributed by atoms with E-state index in [9.17, 15) is 0 Å². The van der Waals surface area contributed by atoms with Crippen molar-refractivity contribution in [1.82, 2.24) is 9.97 Å². The van der Waals surface area contributed by atoms with Gasteiger partial charge in [0, 0.05) is 25.1 Å². The summed E-state index contributed by atoms with van der Waals surface area (Å²) in [5.74, 6) is 0.855. The van der Waals surface area contributed by atoms with Crippen LogP contribution in [0, 0.1) is 6.92 Å². The highest BCUT2D eigenvalue weighted by Gasteiger charge is 2.08. The van der Waals surface area contributed by atoms with E-state index in [-0.39, 0.29) is 0 Å². The molecule has 2 aromatic rings. The van der Waals surface area contributed by atoms with Crippen LogP contribution >= 0.6 is 0 Å². The molecule has 0 spiro atoms.